The van der Waals surface area contributed by atoms with Crippen LogP contribution in [0.5, 0.6) is 0 Å². The van der Waals surface area contributed by atoms with E-state index in [1.54, 1.807) is 4.90 Å². The Labute approximate surface area is 113 Å². The average Bonchev–Trinajstić information content (AvgIpc) is 2.41. The van der Waals surface area contributed by atoms with Crippen LogP contribution in [0.2, 0.25) is 0 Å². The van der Waals surface area contributed by atoms with Crippen LogP contribution in [0.1, 0.15) is 29.8 Å². The highest BCUT2D eigenvalue weighted by Crippen LogP contribution is 2.27. The summed E-state index contributed by atoms with van der Waals surface area (Å²) in [6.07, 6.45) is 3.81. The number of rotatable bonds is 3. The summed E-state index contributed by atoms with van der Waals surface area (Å²) in [6.45, 7) is 0.855. The molecule has 0 atom stereocenters. The number of carbonyl (C=O) groups is 1. The van der Waals surface area contributed by atoms with Crippen molar-refractivity contribution >= 4 is 16.8 Å². The van der Waals surface area contributed by atoms with Gasteiger partial charge >= 0.3 is 0 Å². The molecule has 1 aliphatic rings. The smallest absolute Gasteiger partial charge is 0.272 e. The van der Waals surface area contributed by atoms with Crippen LogP contribution < -0.4 is 0 Å². The Morgan fingerprint density at radius 1 is 1.26 bits per heavy atom. The van der Waals surface area contributed by atoms with E-state index >= 15 is 0 Å². The Kier molecular flexibility index (Phi) is 3.20. The number of pyridine rings is 1. The summed E-state index contributed by atoms with van der Waals surface area (Å²) in [4.78, 5) is 18.6. The summed E-state index contributed by atoms with van der Waals surface area (Å²) >= 11 is 0. The van der Waals surface area contributed by atoms with Crippen LogP contribution in [0.15, 0.2) is 36.4 Å². The van der Waals surface area contributed by atoms with Gasteiger partial charge < -0.3 is 4.90 Å². The van der Waals surface area contributed by atoms with Gasteiger partial charge in [-0.3, -0.25) is 4.79 Å². The first-order valence-corrected chi connectivity index (χ1v) is 6.85. The highest BCUT2D eigenvalue weighted by Gasteiger charge is 2.22. The summed E-state index contributed by atoms with van der Waals surface area (Å²) < 4.78 is 0. The largest absolute Gasteiger partial charge is 0.340 e. The SMILES string of the molecule is CN(CC1CCC1)C(=O)c1ccc2ccccc2n1. The lowest BCUT2D eigenvalue weighted by atomic mass is 9.85. The lowest BCUT2D eigenvalue weighted by molar-refractivity contribution is 0.0740. The molecule has 0 radical (unpaired) electrons. The van der Waals surface area contributed by atoms with Crippen molar-refractivity contribution in [2.24, 2.45) is 5.92 Å². The number of carbonyl (C=O) groups excluding carboxylic acids is 1. The van der Waals surface area contributed by atoms with Gasteiger partial charge in [0.25, 0.3) is 5.91 Å². The summed E-state index contributed by atoms with van der Waals surface area (Å²) in [7, 11) is 1.87. The second-order valence-electron chi connectivity index (χ2n) is 5.37. The number of para-hydroxylation sites is 1. The van der Waals surface area contributed by atoms with Crippen LogP contribution in [-0.4, -0.2) is 29.4 Å². The number of amides is 1. The molecular formula is C16H18N2O. The molecule has 1 heterocycles. The predicted octanol–water partition coefficient (Wildman–Crippen LogP) is 3.11. The van der Waals surface area contributed by atoms with Crippen molar-refractivity contribution in [3.63, 3.8) is 0 Å². The fourth-order valence-electron chi connectivity index (χ4n) is 2.53. The van der Waals surface area contributed by atoms with E-state index in [0.717, 1.165) is 17.4 Å². The molecule has 0 saturated heterocycles. The van der Waals surface area contributed by atoms with E-state index in [0.29, 0.717) is 11.6 Å². The molecule has 0 N–H and O–H groups in total. The predicted molar refractivity (Wildman–Crippen MR) is 76.0 cm³/mol. The molecular weight excluding hydrogens is 236 g/mol. The lowest BCUT2D eigenvalue weighted by Gasteiger charge is -2.30. The number of hydrogen-bond donors (Lipinski definition) is 0. The molecule has 0 aliphatic heterocycles. The van der Waals surface area contributed by atoms with Crippen LogP contribution in [-0.2, 0) is 0 Å². The molecule has 3 rings (SSSR count). The second kappa shape index (κ2) is 5.00. The van der Waals surface area contributed by atoms with E-state index in [1.165, 1.54) is 19.3 Å². The van der Waals surface area contributed by atoms with Crippen LogP contribution in [0.4, 0.5) is 0 Å². The molecule has 1 aromatic heterocycles. The molecule has 0 unspecified atom stereocenters. The Hall–Kier alpha value is -1.90. The molecule has 1 aromatic carbocycles. The van der Waals surface area contributed by atoms with Crippen LogP contribution in [0.25, 0.3) is 10.9 Å². The Bertz CT molecular complexity index is 604. The van der Waals surface area contributed by atoms with Crippen LogP contribution in [0, 0.1) is 5.92 Å². The van der Waals surface area contributed by atoms with Gasteiger partial charge in [0.1, 0.15) is 5.69 Å². The zero-order valence-electron chi connectivity index (χ0n) is 11.2. The fraction of sp³-hybridized carbons (Fsp3) is 0.375. The number of fused-ring (bicyclic) bond motifs is 1. The molecule has 2 aromatic rings. The average molecular weight is 254 g/mol. The topological polar surface area (TPSA) is 33.2 Å². The summed E-state index contributed by atoms with van der Waals surface area (Å²) in [6, 6.07) is 11.7. The zero-order valence-corrected chi connectivity index (χ0v) is 11.2. The van der Waals surface area contributed by atoms with Gasteiger partial charge in [-0.1, -0.05) is 30.7 Å². The standard InChI is InChI=1S/C16H18N2O/c1-18(11-12-5-4-6-12)16(19)15-10-9-13-7-2-3-8-14(13)17-15/h2-3,7-10,12H,4-6,11H2,1H3. The van der Waals surface area contributed by atoms with E-state index in [9.17, 15) is 4.79 Å². The minimum absolute atomic E-state index is 0.0256. The first-order chi connectivity index (χ1) is 9.24. The Balaban J connectivity index is 1.80. The van der Waals surface area contributed by atoms with Crippen LogP contribution in [0.3, 0.4) is 0 Å². The quantitative estimate of drug-likeness (QED) is 0.843. The molecule has 0 spiro atoms. The molecule has 3 heteroatoms. The molecule has 3 nitrogen and oxygen atoms in total. The van der Waals surface area contributed by atoms with Gasteiger partial charge in [0.05, 0.1) is 5.52 Å². The summed E-state index contributed by atoms with van der Waals surface area (Å²) in [5.41, 5.74) is 1.42. The highest BCUT2D eigenvalue weighted by atomic mass is 16.2. The Morgan fingerprint density at radius 3 is 2.79 bits per heavy atom. The summed E-state index contributed by atoms with van der Waals surface area (Å²) in [5, 5.41) is 1.07. The molecule has 0 bridgehead atoms. The van der Waals surface area contributed by atoms with Crippen molar-refractivity contribution in [3.05, 3.63) is 42.1 Å². The maximum atomic E-state index is 12.3. The van der Waals surface area contributed by atoms with Gasteiger partial charge in [0.15, 0.2) is 0 Å². The normalized spacial score (nSPS) is 15.2. The van der Waals surface area contributed by atoms with Gasteiger partial charge in [-0.15, -0.1) is 0 Å². The van der Waals surface area contributed by atoms with Gasteiger partial charge in [0.2, 0.25) is 0 Å². The molecule has 1 fully saturated rings. The van der Waals surface area contributed by atoms with Crippen molar-refractivity contribution in [2.75, 3.05) is 13.6 Å². The zero-order chi connectivity index (χ0) is 13.2. The van der Waals surface area contributed by atoms with Crippen molar-refractivity contribution in [3.8, 4) is 0 Å². The maximum absolute atomic E-state index is 12.3. The number of benzene rings is 1. The van der Waals surface area contributed by atoms with E-state index in [-0.39, 0.29) is 5.91 Å². The van der Waals surface area contributed by atoms with E-state index in [4.69, 9.17) is 0 Å². The first-order valence-electron chi connectivity index (χ1n) is 6.85. The van der Waals surface area contributed by atoms with Crippen molar-refractivity contribution < 1.29 is 4.79 Å². The van der Waals surface area contributed by atoms with Gasteiger partial charge in [0, 0.05) is 19.0 Å². The minimum atomic E-state index is 0.0256. The van der Waals surface area contributed by atoms with Crippen molar-refractivity contribution in [1.82, 2.24) is 9.88 Å². The van der Waals surface area contributed by atoms with Crippen molar-refractivity contribution in [1.29, 1.82) is 0 Å². The number of nitrogens with zero attached hydrogens (tertiary/aromatic N) is 2. The molecule has 98 valence electrons. The first kappa shape index (κ1) is 12.2. The molecule has 1 aliphatic carbocycles. The van der Waals surface area contributed by atoms with E-state index < -0.39 is 0 Å². The minimum Gasteiger partial charge on any atom is -0.340 e. The molecule has 1 amide bonds. The maximum Gasteiger partial charge on any atom is 0.272 e. The fourth-order valence-corrected chi connectivity index (χ4v) is 2.53. The second-order valence-corrected chi connectivity index (χ2v) is 5.37. The monoisotopic (exact) mass is 254 g/mol. The van der Waals surface area contributed by atoms with Crippen molar-refractivity contribution in [2.45, 2.75) is 19.3 Å². The Morgan fingerprint density at radius 2 is 2.05 bits per heavy atom. The third-order valence-corrected chi connectivity index (χ3v) is 3.92. The highest BCUT2D eigenvalue weighted by molar-refractivity contribution is 5.94. The third kappa shape index (κ3) is 2.46. The van der Waals surface area contributed by atoms with Gasteiger partial charge in [-0.2, -0.15) is 0 Å². The van der Waals surface area contributed by atoms with E-state index in [2.05, 4.69) is 4.98 Å². The lowest BCUT2D eigenvalue weighted by Crippen LogP contribution is -2.34. The molecule has 19 heavy (non-hydrogen) atoms. The van der Waals surface area contributed by atoms with Crippen LogP contribution >= 0.6 is 0 Å². The summed E-state index contributed by atoms with van der Waals surface area (Å²) in [5.74, 6) is 0.715. The number of aromatic nitrogens is 1. The van der Waals surface area contributed by atoms with E-state index in [1.807, 2.05) is 43.4 Å². The number of hydrogen-bond acceptors (Lipinski definition) is 2. The van der Waals surface area contributed by atoms with Gasteiger partial charge in [-0.05, 0) is 30.9 Å². The molecule has 1 saturated carbocycles. The third-order valence-electron chi connectivity index (χ3n) is 3.92. The van der Waals surface area contributed by atoms with Gasteiger partial charge in [-0.25, -0.2) is 4.98 Å².